The second-order valence-electron chi connectivity index (χ2n) is 9.45. The first-order chi connectivity index (χ1) is 16.1. The van der Waals surface area contributed by atoms with Gasteiger partial charge in [0.15, 0.2) is 0 Å². The molecular weight excluding hydrogens is 434 g/mol. The molecule has 33 heavy (non-hydrogen) atoms. The molecule has 7 nitrogen and oxygen atoms in total. The van der Waals surface area contributed by atoms with Gasteiger partial charge in [-0.1, -0.05) is 6.07 Å². The molecule has 1 aromatic carbocycles. The topological polar surface area (TPSA) is 75.7 Å². The van der Waals surface area contributed by atoms with E-state index in [1.54, 1.807) is 6.26 Å². The summed E-state index contributed by atoms with van der Waals surface area (Å²) < 4.78 is 19.4. The van der Waals surface area contributed by atoms with Crippen molar-refractivity contribution in [1.82, 2.24) is 19.5 Å². The number of pyridine rings is 1. The predicted molar refractivity (Wildman–Crippen MR) is 134 cm³/mol. The number of allylic oxidation sites excluding steroid dienone is 1. The van der Waals surface area contributed by atoms with E-state index in [9.17, 15) is 4.55 Å². The van der Waals surface area contributed by atoms with E-state index in [1.807, 2.05) is 12.4 Å². The zero-order chi connectivity index (χ0) is 22.8. The molecule has 2 fully saturated rings. The summed E-state index contributed by atoms with van der Waals surface area (Å²) in [6, 6.07) is 7.19. The zero-order valence-corrected chi connectivity index (χ0v) is 20.5. The van der Waals surface area contributed by atoms with Crippen molar-refractivity contribution in [3.8, 4) is 0 Å². The smallest absolute Gasteiger partial charge is 0.115 e. The summed E-state index contributed by atoms with van der Waals surface area (Å²) in [6.45, 7) is 8.50. The fourth-order valence-corrected chi connectivity index (χ4v) is 6.09. The average Bonchev–Trinajstić information content (AvgIpc) is 2.85. The molecule has 2 unspecified atom stereocenters. The predicted octanol–water partition coefficient (Wildman–Crippen LogP) is 3.05. The van der Waals surface area contributed by atoms with Crippen LogP contribution in [-0.2, 0) is 16.1 Å². The monoisotopic (exact) mass is 469 g/mol. The minimum absolute atomic E-state index is 0.391. The van der Waals surface area contributed by atoms with Crippen molar-refractivity contribution >= 4 is 27.8 Å². The van der Waals surface area contributed by atoms with Crippen LogP contribution in [-0.4, -0.2) is 77.0 Å². The number of aromatic nitrogens is 1. The highest BCUT2D eigenvalue weighted by atomic mass is 32.2. The standard InChI is InChI=1S/C25H35N5O2S/c1-18-13-21(16-27-25(18)29-9-11-32-12-10-29)20-14-19-3-6-26-17-23(19)24(15-20)28-22-4-7-30(8-5-22)33(2)31/h3,6,14-15,17,21-22,27-28H,4-5,7-13,16H2,1-2H3. The van der Waals surface area contributed by atoms with E-state index in [2.05, 4.69) is 49.9 Å². The fourth-order valence-electron chi connectivity index (χ4n) is 5.37. The number of nitrogens with one attached hydrogen (secondary N) is 2. The number of piperidine rings is 1. The summed E-state index contributed by atoms with van der Waals surface area (Å²) in [5, 5.41) is 9.96. The maximum absolute atomic E-state index is 11.8. The molecule has 3 aliphatic heterocycles. The number of ether oxygens (including phenoxy) is 1. The fraction of sp³-hybridized carbons (Fsp3) is 0.560. The minimum Gasteiger partial charge on any atom is -0.598 e. The van der Waals surface area contributed by atoms with Crippen molar-refractivity contribution in [2.24, 2.45) is 0 Å². The Labute approximate surface area is 199 Å². The lowest BCUT2D eigenvalue weighted by molar-refractivity contribution is 0.0487. The molecule has 0 amide bonds. The van der Waals surface area contributed by atoms with Gasteiger partial charge >= 0.3 is 0 Å². The number of benzene rings is 1. The second kappa shape index (κ2) is 10.1. The van der Waals surface area contributed by atoms with E-state index >= 15 is 0 Å². The first-order valence-corrected chi connectivity index (χ1v) is 13.6. The second-order valence-corrected chi connectivity index (χ2v) is 10.8. The van der Waals surface area contributed by atoms with Gasteiger partial charge in [-0.05, 0) is 54.8 Å². The molecule has 1 aromatic heterocycles. The highest BCUT2D eigenvalue weighted by Crippen LogP contribution is 2.35. The van der Waals surface area contributed by atoms with Gasteiger partial charge in [0.05, 0.1) is 13.2 Å². The summed E-state index contributed by atoms with van der Waals surface area (Å²) in [6.07, 6.45) is 8.69. The summed E-state index contributed by atoms with van der Waals surface area (Å²) in [4.78, 5) is 6.83. The summed E-state index contributed by atoms with van der Waals surface area (Å²) in [5.74, 6) is 1.75. The van der Waals surface area contributed by atoms with Gasteiger partial charge in [-0.2, -0.15) is 0 Å². The highest BCUT2D eigenvalue weighted by molar-refractivity contribution is 7.88. The lowest BCUT2D eigenvalue weighted by atomic mass is 9.88. The minimum atomic E-state index is -0.877. The third-order valence-corrected chi connectivity index (χ3v) is 8.32. The molecule has 2 atom stereocenters. The number of rotatable bonds is 5. The van der Waals surface area contributed by atoms with Gasteiger partial charge in [-0.3, -0.25) is 4.98 Å². The SMILES string of the molecule is CC1=C(N2CCOCC2)NCC(c2cc(NC3CCN([S+](C)[O-])CC3)c3cnccc3c2)C1. The molecule has 178 valence electrons. The van der Waals surface area contributed by atoms with Crippen LogP contribution in [0.1, 0.15) is 37.7 Å². The van der Waals surface area contributed by atoms with E-state index in [0.717, 1.165) is 65.2 Å². The quantitative estimate of drug-likeness (QED) is 0.652. The number of nitrogens with zero attached hydrogens (tertiary/aromatic N) is 3. The Balaban J connectivity index is 1.36. The van der Waals surface area contributed by atoms with Crippen LogP contribution in [0.4, 0.5) is 5.69 Å². The Hall–Kier alpha value is -2.00. The molecule has 5 rings (SSSR count). The van der Waals surface area contributed by atoms with E-state index < -0.39 is 11.4 Å². The summed E-state index contributed by atoms with van der Waals surface area (Å²) in [7, 11) is 0. The van der Waals surface area contributed by atoms with E-state index in [-0.39, 0.29) is 0 Å². The Kier molecular flexibility index (Phi) is 6.97. The molecule has 0 spiro atoms. The van der Waals surface area contributed by atoms with Crippen LogP contribution in [0.15, 0.2) is 42.0 Å². The highest BCUT2D eigenvalue weighted by Gasteiger charge is 2.27. The van der Waals surface area contributed by atoms with Crippen molar-refractivity contribution in [3.05, 3.63) is 47.6 Å². The third-order valence-electron chi connectivity index (χ3n) is 7.23. The number of hydrogen-bond donors (Lipinski definition) is 2. The van der Waals surface area contributed by atoms with Gasteiger partial charge < -0.3 is 24.8 Å². The molecule has 0 bridgehead atoms. The zero-order valence-electron chi connectivity index (χ0n) is 19.7. The molecule has 2 aromatic rings. The maximum atomic E-state index is 11.8. The van der Waals surface area contributed by atoms with Gasteiger partial charge in [0, 0.05) is 79.5 Å². The van der Waals surface area contributed by atoms with Gasteiger partial charge in [0.1, 0.15) is 12.1 Å². The number of fused-ring (bicyclic) bond motifs is 1. The first kappa shape index (κ1) is 22.8. The molecular formula is C25H35N5O2S. The summed E-state index contributed by atoms with van der Waals surface area (Å²) >= 11 is -0.877. The number of anilines is 1. The van der Waals surface area contributed by atoms with Crippen LogP contribution in [0.25, 0.3) is 10.8 Å². The molecule has 3 aliphatic rings. The van der Waals surface area contributed by atoms with Crippen LogP contribution < -0.4 is 10.6 Å². The molecule has 0 saturated carbocycles. The average molecular weight is 470 g/mol. The largest absolute Gasteiger partial charge is 0.598 e. The van der Waals surface area contributed by atoms with Crippen LogP contribution in [0, 0.1) is 0 Å². The van der Waals surface area contributed by atoms with Gasteiger partial charge in [0.2, 0.25) is 0 Å². The lowest BCUT2D eigenvalue weighted by Gasteiger charge is -2.37. The van der Waals surface area contributed by atoms with Crippen LogP contribution >= 0.6 is 0 Å². The van der Waals surface area contributed by atoms with E-state index in [4.69, 9.17) is 4.74 Å². The number of morpholine rings is 1. The molecule has 0 aliphatic carbocycles. The van der Waals surface area contributed by atoms with Crippen LogP contribution in [0.5, 0.6) is 0 Å². The summed E-state index contributed by atoms with van der Waals surface area (Å²) in [5.41, 5.74) is 3.97. The van der Waals surface area contributed by atoms with Crippen molar-refractivity contribution in [2.75, 3.05) is 57.5 Å². The Morgan fingerprint density at radius 2 is 1.97 bits per heavy atom. The van der Waals surface area contributed by atoms with Crippen LogP contribution in [0.2, 0.25) is 0 Å². The van der Waals surface area contributed by atoms with Gasteiger partial charge in [-0.25, -0.2) is 0 Å². The molecule has 8 heteroatoms. The molecule has 2 N–H and O–H groups in total. The number of hydrogen-bond acceptors (Lipinski definition) is 7. The Morgan fingerprint density at radius 3 is 2.70 bits per heavy atom. The van der Waals surface area contributed by atoms with Crippen molar-refractivity contribution in [2.45, 2.75) is 38.1 Å². The van der Waals surface area contributed by atoms with Crippen molar-refractivity contribution < 1.29 is 9.29 Å². The molecule has 4 heterocycles. The van der Waals surface area contributed by atoms with Crippen molar-refractivity contribution in [1.29, 1.82) is 0 Å². The van der Waals surface area contributed by atoms with E-state index in [1.165, 1.54) is 33.4 Å². The van der Waals surface area contributed by atoms with Gasteiger partial charge in [-0.15, -0.1) is 4.31 Å². The molecule has 0 radical (unpaired) electrons. The van der Waals surface area contributed by atoms with E-state index in [0.29, 0.717) is 12.0 Å². The molecule has 2 saturated heterocycles. The normalized spacial score (nSPS) is 24.1. The van der Waals surface area contributed by atoms with Gasteiger partial charge in [0.25, 0.3) is 0 Å². The third kappa shape index (κ3) is 5.09. The Bertz CT molecular complexity index is 999. The first-order valence-electron chi connectivity index (χ1n) is 12.1. The van der Waals surface area contributed by atoms with Crippen molar-refractivity contribution in [3.63, 3.8) is 0 Å². The lowest BCUT2D eigenvalue weighted by Crippen LogP contribution is -2.43. The Morgan fingerprint density at radius 1 is 1.18 bits per heavy atom. The van der Waals surface area contributed by atoms with Crippen LogP contribution in [0.3, 0.4) is 0 Å². The maximum Gasteiger partial charge on any atom is 0.115 e.